The van der Waals surface area contributed by atoms with E-state index in [0.29, 0.717) is 6.54 Å². The molecule has 0 aromatic heterocycles. The molecule has 0 atom stereocenters. The Morgan fingerprint density at radius 1 is 1.50 bits per heavy atom. The normalized spacial score (nSPS) is 9.19. The van der Waals surface area contributed by atoms with Crippen LogP contribution < -0.4 is 10.5 Å². The first-order chi connectivity index (χ1) is 7.19. The maximum atomic E-state index is 13.3. The van der Waals surface area contributed by atoms with Gasteiger partial charge in [-0.15, -0.1) is 12.4 Å². The molecule has 90 valence electrons. The number of methoxy groups -OCH3 is 1. The number of hydrogen-bond acceptors (Lipinski definition) is 4. The van der Waals surface area contributed by atoms with E-state index in [-0.39, 0.29) is 30.3 Å². The number of nitrogens with two attached hydrogens (primary N) is 1. The molecule has 4 nitrogen and oxygen atoms in total. The van der Waals surface area contributed by atoms with Crippen LogP contribution in [0.25, 0.3) is 0 Å². The van der Waals surface area contributed by atoms with E-state index >= 15 is 0 Å². The van der Waals surface area contributed by atoms with E-state index in [0.717, 1.165) is 6.07 Å². The van der Waals surface area contributed by atoms with Crippen molar-refractivity contribution in [2.24, 2.45) is 5.73 Å². The minimum Gasteiger partial charge on any atom is -0.489 e. The van der Waals surface area contributed by atoms with Gasteiger partial charge in [-0.2, -0.15) is 0 Å². The van der Waals surface area contributed by atoms with Gasteiger partial charge in [-0.1, -0.05) is 0 Å². The van der Waals surface area contributed by atoms with Gasteiger partial charge in [0.15, 0.2) is 11.6 Å². The molecule has 16 heavy (non-hydrogen) atoms. The highest BCUT2D eigenvalue weighted by molar-refractivity contribution is 5.89. The Bertz CT molecular complexity index is 360. The largest absolute Gasteiger partial charge is 0.489 e. The molecule has 2 N–H and O–H groups in total. The first-order valence-corrected chi connectivity index (χ1v) is 4.39. The third-order valence-electron chi connectivity index (χ3n) is 1.73. The maximum Gasteiger partial charge on any atom is 0.337 e. The summed E-state index contributed by atoms with van der Waals surface area (Å²) in [5, 5.41) is 0. The molecule has 0 radical (unpaired) electrons. The standard InChI is InChI=1S/C10H12FNO3.ClH/c1-14-10(13)7-2-3-9(8(11)6-7)15-5-4-12;/h2-3,6H,4-5,12H2,1H3;1H. The van der Waals surface area contributed by atoms with Crippen molar-refractivity contribution >= 4 is 18.4 Å². The first kappa shape index (κ1) is 14.7. The van der Waals surface area contributed by atoms with Gasteiger partial charge in [0, 0.05) is 6.54 Å². The van der Waals surface area contributed by atoms with Crippen molar-refractivity contribution in [1.82, 2.24) is 0 Å². The average Bonchev–Trinajstić information content (AvgIpc) is 2.26. The topological polar surface area (TPSA) is 61.5 Å². The number of rotatable bonds is 4. The van der Waals surface area contributed by atoms with Gasteiger partial charge in [0.1, 0.15) is 6.61 Å². The predicted octanol–water partition coefficient (Wildman–Crippen LogP) is 1.37. The van der Waals surface area contributed by atoms with Gasteiger partial charge in [-0.3, -0.25) is 0 Å². The number of esters is 1. The summed E-state index contributed by atoms with van der Waals surface area (Å²) in [5.74, 6) is -1.11. The molecular formula is C10H13ClFNO3. The number of benzene rings is 1. The van der Waals surface area contributed by atoms with Crippen LogP contribution in [0.5, 0.6) is 5.75 Å². The van der Waals surface area contributed by atoms with E-state index < -0.39 is 11.8 Å². The smallest absolute Gasteiger partial charge is 0.337 e. The molecule has 0 saturated heterocycles. The molecular weight excluding hydrogens is 237 g/mol. The number of carbonyl (C=O) groups excluding carboxylic acids is 1. The van der Waals surface area contributed by atoms with Crippen LogP contribution in [0.1, 0.15) is 10.4 Å². The zero-order chi connectivity index (χ0) is 11.3. The Hall–Kier alpha value is -1.33. The summed E-state index contributed by atoms with van der Waals surface area (Å²) in [7, 11) is 1.24. The zero-order valence-corrected chi connectivity index (χ0v) is 9.55. The third-order valence-corrected chi connectivity index (χ3v) is 1.73. The first-order valence-electron chi connectivity index (χ1n) is 4.39. The number of hydrogen-bond donors (Lipinski definition) is 1. The minimum absolute atomic E-state index is 0. The molecule has 0 aliphatic heterocycles. The van der Waals surface area contributed by atoms with Crippen LogP contribution in [-0.4, -0.2) is 26.2 Å². The lowest BCUT2D eigenvalue weighted by atomic mass is 10.2. The van der Waals surface area contributed by atoms with Crippen LogP contribution in [0.3, 0.4) is 0 Å². The molecule has 1 aromatic carbocycles. The van der Waals surface area contributed by atoms with Crippen molar-refractivity contribution in [2.75, 3.05) is 20.3 Å². The summed E-state index contributed by atoms with van der Waals surface area (Å²) < 4.78 is 22.7. The van der Waals surface area contributed by atoms with Crippen molar-refractivity contribution in [1.29, 1.82) is 0 Å². The van der Waals surface area contributed by atoms with E-state index in [1.54, 1.807) is 0 Å². The van der Waals surface area contributed by atoms with E-state index in [1.807, 2.05) is 0 Å². The van der Waals surface area contributed by atoms with Crippen LogP contribution in [0.4, 0.5) is 4.39 Å². The lowest BCUT2D eigenvalue weighted by Gasteiger charge is -2.06. The SMILES string of the molecule is COC(=O)c1ccc(OCCN)c(F)c1.Cl. The number of carbonyl (C=O) groups is 1. The van der Waals surface area contributed by atoms with Crippen LogP contribution in [0.15, 0.2) is 18.2 Å². The van der Waals surface area contributed by atoms with Gasteiger partial charge in [0.25, 0.3) is 0 Å². The van der Waals surface area contributed by atoms with Crippen molar-refractivity contribution in [3.63, 3.8) is 0 Å². The molecule has 1 aromatic rings. The fourth-order valence-corrected chi connectivity index (χ4v) is 1.03. The van der Waals surface area contributed by atoms with Crippen LogP contribution >= 0.6 is 12.4 Å². The second-order valence-corrected chi connectivity index (χ2v) is 2.77. The highest BCUT2D eigenvalue weighted by Gasteiger charge is 2.10. The van der Waals surface area contributed by atoms with Crippen LogP contribution in [0.2, 0.25) is 0 Å². The minimum atomic E-state index is -0.605. The molecule has 0 heterocycles. The van der Waals surface area contributed by atoms with Gasteiger partial charge < -0.3 is 15.2 Å². The Kier molecular flexibility index (Phi) is 6.44. The summed E-state index contributed by atoms with van der Waals surface area (Å²) in [6, 6.07) is 3.87. The molecule has 6 heteroatoms. The monoisotopic (exact) mass is 249 g/mol. The number of ether oxygens (including phenoxy) is 2. The quantitative estimate of drug-likeness (QED) is 0.819. The molecule has 0 aliphatic carbocycles. The molecule has 0 fully saturated rings. The fourth-order valence-electron chi connectivity index (χ4n) is 1.03. The highest BCUT2D eigenvalue weighted by atomic mass is 35.5. The van der Waals surface area contributed by atoms with Gasteiger partial charge in [0.2, 0.25) is 0 Å². The van der Waals surface area contributed by atoms with Crippen LogP contribution in [0, 0.1) is 5.82 Å². The van der Waals surface area contributed by atoms with Gasteiger partial charge in [-0.25, -0.2) is 9.18 Å². The molecule has 0 aliphatic rings. The predicted molar refractivity (Wildman–Crippen MR) is 59.5 cm³/mol. The van der Waals surface area contributed by atoms with E-state index in [2.05, 4.69) is 4.74 Å². The van der Waals surface area contributed by atoms with Crippen LogP contribution in [-0.2, 0) is 4.74 Å². The summed E-state index contributed by atoms with van der Waals surface area (Å²) >= 11 is 0. The highest BCUT2D eigenvalue weighted by Crippen LogP contribution is 2.18. The van der Waals surface area contributed by atoms with Crippen molar-refractivity contribution in [2.45, 2.75) is 0 Å². The Labute approximate surface area is 98.9 Å². The zero-order valence-electron chi connectivity index (χ0n) is 8.73. The Morgan fingerprint density at radius 2 is 2.19 bits per heavy atom. The fraction of sp³-hybridized carbons (Fsp3) is 0.300. The molecule has 0 amide bonds. The second-order valence-electron chi connectivity index (χ2n) is 2.77. The van der Waals surface area contributed by atoms with Gasteiger partial charge in [-0.05, 0) is 18.2 Å². The third kappa shape index (κ3) is 3.67. The summed E-state index contributed by atoms with van der Waals surface area (Å²) in [6.45, 7) is 0.534. The van der Waals surface area contributed by atoms with E-state index in [1.165, 1.54) is 19.2 Å². The van der Waals surface area contributed by atoms with Crippen molar-refractivity contribution in [3.8, 4) is 5.75 Å². The summed E-state index contributed by atoms with van der Waals surface area (Å²) in [4.78, 5) is 11.0. The summed E-state index contributed by atoms with van der Waals surface area (Å²) in [6.07, 6.45) is 0. The number of halogens is 2. The molecule has 0 unspecified atom stereocenters. The van der Waals surface area contributed by atoms with Gasteiger partial charge >= 0.3 is 5.97 Å². The molecule has 0 bridgehead atoms. The van der Waals surface area contributed by atoms with Gasteiger partial charge in [0.05, 0.1) is 12.7 Å². The van der Waals surface area contributed by atoms with Crippen molar-refractivity contribution < 1.29 is 18.7 Å². The Balaban J connectivity index is 0.00000225. The second kappa shape index (κ2) is 7.03. The van der Waals surface area contributed by atoms with Crippen molar-refractivity contribution in [3.05, 3.63) is 29.6 Å². The lowest BCUT2D eigenvalue weighted by Crippen LogP contribution is -2.11. The lowest BCUT2D eigenvalue weighted by molar-refractivity contribution is 0.0600. The molecule has 0 saturated carbocycles. The Morgan fingerprint density at radius 3 is 2.69 bits per heavy atom. The average molecular weight is 250 g/mol. The maximum absolute atomic E-state index is 13.3. The van der Waals surface area contributed by atoms with E-state index in [9.17, 15) is 9.18 Å². The summed E-state index contributed by atoms with van der Waals surface area (Å²) in [5.41, 5.74) is 5.35. The molecule has 1 rings (SSSR count). The molecule has 0 spiro atoms. The van der Waals surface area contributed by atoms with E-state index in [4.69, 9.17) is 10.5 Å².